The number of hydrazone groups is 1. The molecule has 1 saturated heterocycles. The second-order valence-electron chi connectivity index (χ2n) is 5.38. The molecule has 0 spiro atoms. The van der Waals surface area contributed by atoms with Crippen LogP contribution in [0.1, 0.15) is 11.1 Å². The number of piperazine rings is 1. The highest BCUT2D eigenvalue weighted by Gasteiger charge is 2.15. The Morgan fingerprint density at radius 3 is 2.30 bits per heavy atom. The number of aromatic nitrogens is 1. The number of hydrogen-bond acceptors (Lipinski definition) is 4. The van der Waals surface area contributed by atoms with Crippen molar-refractivity contribution in [3.05, 3.63) is 64.9 Å². The third kappa shape index (κ3) is 5.50. The molecule has 122 valence electrons. The lowest BCUT2D eigenvalue weighted by Crippen LogP contribution is -3.00. The van der Waals surface area contributed by atoms with Crippen molar-refractivity contribution in [1.82, 2.24) is 14.9 Å². The normalized spacial score (nSPS) is 15.6. The molecule has 1 aromatic heterocycles. The van der Waals surface area contributed by atoms with Crippen LogP contribution in [0.2, 0.25) is 5.02 Å². The summed E-state index contributed by atoms with van der Waals surface area (Å²) in [5.74, 6) is 0. The van der Waals surface area contributed by atoms with Crippen LogP contribution in [-0.4, -0.2) is 47.3 Å². The van der Waals surface area contributed by atoms with Gasteiger partial charge in [0.25, 0.3) is 0 Å². The van der Waals surface area contributed by atoms with Crippen LogP contribution in [0.5, 0.6) is 0 Å². The molecular weight excluding hydrogens is 331 g/mol. The molecule has 0 aliphatic carbocycles. The Balaban J connectivity index is 0.00000192. The topological polar surface area (TPSA) is 31.7 Å². The minimum atomic E-state index is 0. The Kier molecular flexibility index (Phi) is 6.84. The molecule has 2 heterocycles. The van der Waals surface area contributed by atoms with E-state index in [9.17, 15) is 0 Å². The van der Waals surface area contributed by atoms with Crippen LogP contribution in [0, 0.1) is 0 Å². The fraction of sp³-hybridized carbons (Fsp3) is 0.294. The maximum absolute atomic E-state index is 5.92. The first kappa shape index (κ1) is 17.7. The fourth-order valence-corrected chi connectivity index (χ4v) is 2.58. The largest absolute Gasteiger partial charge is 1.00 e. The van der Waals surface area contributed by atoms with Gasteiger partial charge in [-0.3, -0.25) is 14.9 Å². The van der Waals surface area contributed by atoms with Crippen molar-refractivity contribution in [2.75, 3.05) is 26.2 Å². The second-order valence-corrected chi connectivity index (χ2v) is 5.82. The highest BCUT2D eigenvalue weighted by molar-refractivity contribution is 6.30. The van der Waals surface area contributed by atoms with Crippen LogP contribution < -0.4 is 12.4 Å². The third-order valence-electron chi connectivity index (χ3n) is 3.74. The zero-order valence-electron chi connectivity index (χ0n) is 12.8. The number of rotatable bonds is 4. The molecular formula is C17H19Cl2N4-. The van der Waals surface area contributed by atoms with E-state index in [1.807, 2.05) is 30.5 Å². The van der Waals surface area contributed by atoms with Gasteiger partial charge in [0, 0.05) is 50.1 Å². The Labute approximate surface area is 148 Å². The number of benzene rings is 1. The van der Waals surface area contributed by atoms with Crippen molar-refractivity contribution in [1.29, 1.82) is 0 Å². The Morgan fingerprint density at radius 1 is 1.00 bits per heavy atom. The molecule has 1 aliphatic heterocycles. The Hall–Kier alpha value is -1.62. The third-order valence-corrected chi connectivity index (χ3v) is 4.00. The van der Waals surface area contributed by atoms with Gasteiger partial charge < -0.3 is 12.4 Å². The summed E-state index contributed by atoms with van der Waals surface area (Å²) in [6, 6.07) is 12.0. The molecule has 1 aromatic carbocycles. The molecule has 0 amide bonds. The average molecular weight is 350 g/mol. The highest BCUT2D eigenvalue weighted by Crippen LogP contribution is 2.13. The van der Waals surface area contributed by atoms with Crippen molar-refractivity contribution < 1.29 is 12.4 Å². The van der Waals surface area contributed by atoms with Crippen LogP contribution in [0.15, 0.2) is 53.9 Å². The molecule has 4 nitrogen and oxygen atoms in total. The number of hydrogen-bond donors (Lipinski definition) is 0. The monoisotopic (exact) mass is 349 g/mol. The summed E-state index contributed by atoms with van der Waals surface area (Å²) in [6.07, 6.45) is 5.47. The van der Waals surface area contributed by atoms with Crippen molar-refractivity contribution in [3.63, 3.8) is 0 Å². The van der Waals surface area contributed by atoms with Crippen LogP contribution in [0.3, 0.4) is 0 Å². The average Bonchev–Trinajstić information content (AvgIpc) is 2.57. The molecule has 6 heteroatoms. The first-order valence-corrected chi connectivity index (χ1v) is 7.83. The van der Waals surface area contributed by atoms with Crippen LogP contribution in [-0.2, 0) is 6.54 Å². The quantitative estimate of drug-likeness (QED) is 0.722. The van der Waals surface area contributed by atoms with E-state index in [1.54, 1.807) is 12.4 Å². The maximum Gasteiger partial charge on any atom is 0.0544 e. The van der Waals surface area contributed by atoms with Gasteiger partial charge in [-0.15, -0.1) is 0 Å². The molecule has 0 radical (unpaired) electrons. The van der Waals surface area contributed by atoms with Crippen molar-refractivity contribution in [2.24, 2.45) is 5.10 Å². The fourth-order valence-electron chi connectivity index (χ4n) is 2.46. The number of halogens is 2. The van der Waals surface area contributed by atoms with Gasteiger partial charge in [-0.2, -0.15) is 5.10 Å². The maximum atomic E-state index is 5.92. The molecule has 0 atom stereocenters. The standard InChI is InChI=1S/C17H19ClN4.ClH/c18-17-3-1-16(2-4-17)14-21-9-11-22(12-10-21)20-13-15-5-7-19-8-6-15;/h1-8,13H,9-12,14H2;1H/p-1/b20-13+;. The van der Waals surface area contributed by atoms with E-state index in [0.717, 1.165) is 43.3 Å². The van der Waals surface area contributed by atoms with Crippen molar-refractivity contribution in [2.45, 2.75) is 6.54 Å². The predicted molar refractivity (Wildman–Crippen MR) is 90.1 cm³/mol. The minimum Gasteiger partial charge on any atom is -1.00 e. The first-order chi connectivity index (χ1) is 10.8. The highest BCUT2D eigenvalue weighted by atomic mass is 35.5. The van der Waals surface area contributed by atoms with E-state index >= 15 is 0 Å². The summed E-state index contributed by atoms with van der Waals surface area (Å²) >= 11 is 5.92. The summed E-state index contributed by atoms with van der Waals surface area (Å²) in [7, 11) is 0. The molecule has 0 bridgehead atoms. The molecule has 0 saturated carbocycles. The number of pyridine rings is 1. The SMILES string of the molecule is Clc1ccc(CN2CCN(/N=C/c3ccncc3)CC2)cc1.[Cl-]. The van der Waals surface area contributed by atoms with E-state index in [2.05, 4.69) is 32.1 Å². The van der Waals surface area contributed by atoms with Gasteiger partial charge >= 0.3 is 0 Å². The smallest absolute Gasteiger partial charge is 0.0544 e. The van der Waals surface area contributed by atoms with E-state index in [0.29, 0.717) is 0 Å². The first-order valence-electron chi connectivity index (χ1n) is 7.45. The van der Waals surface area contributed by atoms with Gasteiger partial charge in [0.15, 0.2) is 0 Å². The minimum absolute atomic E-state index is 0. The van der Waals surface area contributed by atoms with Crippen molar-refractivity contribution in [3.8, 4) is 0 Å². The lowest BCUT2D eigenvalue weighted by atomic mass is 10.2. The van der Waals surface area contributed by atoms with E-state index in [1.165, 1.54) is 5.56 Å². The second kappa shape index (κ2) is 8.87. The zero-order chi connectivity index (χ0) is 15.2. The van der Waals surface area contributed by atoms with Gasteiger partial charge in [0.2, 0.25) is 0 Å². The predicted octanol–water partition coefficient (Wildman–Crippen LogP) is -0.109. The summed E-state index contributed by atoms with van der Waals surface area (Å²) in [5, 5.41) is 7.46. The van der Waals surface area contributed by atoms with Gasteiger partial charge in [-0.05, 0) is 35.4 Å². The zero-order valence-corrected chi connectivity index (χ0v) is 14.3. The molecule has 1 aliphatic rings. The molecule has 0 N–H and O–H groups in total. The lowest BCUT2D eigenvalue weighted by Gasteiger charge is -2.33. The van der Waals surface area contributed by atoms with Gasteiger partial charge in [0.05, 0.1) is 6.21 Å². The van der Waals surface area contributed by atoms with Crippen LogP contribution in [0.25, 0.3) is 0 Å². The van der Waals surface area contributed by atoms with Crippen molar-refractivity contribution >= 4 is 17.8 Å². The van der Waals surface area contributed by atoms with Gasteiger partial charge in [-0.25, -0.2) is 0 Å². The van der Waals surface area contributed by atoms with E-state index in [-0.39, 0.29) is 12.4 Å². The van der Waals surface area contributed by atoms with Crippen LogP contribution in [0.4, 0.5) is 0 Å². The summed E-state index contributed by atoms with van der Waals surface area (Å²) < 4.78 is 0. The molecule has 1 fully saturated rings. The van der Waals surface area contributed by atoms with Gasteiger partial charge in [-0.1, -0.05) is 23.7 Å². The molecule has 0 unspecified atom stereocenters. The Morgan fingerprint density at radius 2 is 1.65 bits per heavy atom. The van der Waals surface area contributed by atoms with Gasteiger partial charge in [0.1, 0.15) is 0 Å². The number of nitrogens with zero attached hydrogens (tertiary/aromatic N) is 4. The lowest BCUT2D eigenvalue weighted by molar-refractivity contribution is -0.00000443. The summed E-state index contributed by atoms with van der Waals surface area (Å²) in [4.78, 5) is 6.45. The van der Waals surface area contributed by atoms with E-state index < -0.39 is 0 Å². The van der Waals surface area contributed by atoms with Crippen LogP contribution >= 0.6 is 11.6 Å². The Bertz CT molecular complexity index is 608. The molecule has 23 heavy (non-hydrogen) atoms. The molecule has 3 rings (SSSR count). The molecule has 2 aromatic rings. The summed E-state index contributed by atoms with van der Waals surface area (Å²) in [5.41, 5.74) is 2.39. The summed E-state index contributed by atoms with van der Waals surface area (Å²) in [6.45, 7) is 4.93. The van der Waals surface area contributed by atoms with E-state index in [4.69, 9.17) is 11.6 Å².